The third-order valence-electron chi connectivity index (χ3n) is 4.05. The molecule has 1 atom stereocenters. The number of carbonyl (C=O) groups is 1. The molecular weight excluding hydrogens is 392 g/mol. The van der Waals surface area contributed by atoms with Gasteiger partial charge in [-0.2, -0.15) is 13.2 Å². The Morgan fingerprint density at radius 2 is 1.88 bits per heavy atom. The van der Waals surface area contributed by atoms with Crippen LogP contribution < -0.4 is 10.6 Å². The van der Waals surface area contributed by atoms with Crippen molar-refractivity contribution < 1.29 is 18.0 Å². The van der Waals surface area contributed by atoms with Crippen molar-refractivity contribution in [2.75, 3.05) is 19.6 Å². The van der Waals surface area contributed by atoms with Gasteiger partial charge in [0.15, 0.2) is 5.69 Å². The van der Waals surface area contributed by atoms with Gasteiger partial charge in [-0.3, -0.25) is 4.79 Å². The summed E-state index contributed by atoms with van der Waals surface area (Å²) in [5, 5.41) is 5.95. The maximum atomic E-state index is 13.2. The van der Waals surface area contributed by atoms with Gasteiger partial charge in [-0.15, -0.1) is 24.8 Å². The molecule has 2 rings (SSSR count). The Kier molecular flexibility index (Phi) is 10.4. The number of amides is 1. The zero-order chi connectivity index (χ0) is 17.7. The maximum absolute atomic E-state index is 13.2. The van der Waals surface area contributed by atoms with Gasteiger partial charge in [-0.1, -0.05) is 6.92 Å². The predicted molar refractivity (Wildman–Crippen MR) is 98.0 cm³/mol. The highest BCUT2D eigenvalue weighted by molar-refractivity contribution is 5.85. The van der Waals surface area contributed by atoms with Crippen molar-refractivity contribution in [3.8, 4) is 0 Å². The molecule has 0 aromatic carbocycles. The molecule has 2 N–H and O–H groups in total. The van der Waals surface area contributed by atoms with Crippen LogP contribution in [-0.4, -0.2) is 35.5 Å². The van der Waals surface area contributed by atoms with E-state index in [-0.39, 0.29) is 48.5 Å². The van der Waals surface area contributed by atoms with Gasteiger partial charge < -0.3 is 10.6 Å². The Hall–Kier alpha value is -1.12. The molecule has 0 bridgehead atoms. The van der Waals surface area contributed by atoms with Crippen molar-refractivity contribution in [2.45, 2.75) is 45.7 Å². The zero-order valence-corrected chi connectivity index (χ0v) is 16.4. The van der Waals surface area contributed by atoms with E-state index in [1.54, 1.807) is 0 Å². The molecule has 1 heterocycles. The first-order chi connectivity index (χ1) is 11.3. The van der Waals surface area contributed by atoms with Crippen molar-refractivity contribution in [1.29, 1.82) is 0 Å². The van der Waals surface area contributed by atoms with Crippen LogP contribution in [0.2, 0.25) is 0 Å². The van der Waals surface area contributed by atoms with E-state index < -0.39 is 17.8 Å². The van der Waals surface area contributed by atoms with Crippen LogP contribution in [0.4, 0.5) is 13.2 Å². The van der Waals surface area contributed by atoms with Crippen LogP contribution in [0.1, 0.15) is 42.5 Å². The van der Waals surface area contributed by atoms with Crippen LogP contribution in [0.5, 0.6) is 0 Å². The van der Waals surface area contributed by atoms with E-state index in [9.17, 15) is 18.0 Å². The number of rotatable bonds is 6. The highest BCUT2D eigenvalue weighted by Crippen LogP contribution is 2.35. The monoisotopic (exact) mass is 416 g/mol. The Morgan fingerprint density at radius 3 is 2.50 bits per heavy atom. The second-order valence-corrected chi connectivity index (χ2v) is 6.02. The van der Waals surface area contributed by atoms with Crippen molar-refractivity contribution >= 4 is 30.7 Å². The van der Waals surface area contributed by atoms with Crippen LogP contribution in [-0.2, 0) is 23.8 Å². The minimum atomic E-state index is -4.53. The first-order valence-electron chi connectivity index (χ1n) is 8.25. The number of nitrogens with one attached hydrogen (secondary N) is 2. The van der Waals surface area contributed by atoms with E-state index in [1.165, 1.54) is 6.92 Å². The minimum absolute atomic E-state index is 0. The van der Waals surface area contributed by atoms with Gasteiger partial charge in [0.2, 0.25) is 5.91 Å². The van der Waals surface area contributed by atoms with Gasteiger partial charge in [0, 0.05) is 30.3 Å². The van der Waals surface area contributed by atoms with Gasteiger partial charge in [-0.25, -0.2) is 9.97 Å². The number of hydrogen-bond donors (Lipinski definition) is 2. The molecule has 1 aliphatic rings. The summed E-state index contributed by atoms with van der Waals surface area (Å²) >= 11 is 0. The lowest BCUT2D eigenvalue weighted by molar-refractivity contribution is -0.142. The minimum Gasteiger partial charge on any atom is -0.355 e. The Labute approximate surface area is 163 Å². The second kappa shape index (κ2) is 10.9. The van der Waals surface area contributed by atoms with E-state index in [1.807, 2.05) is 6.92 Å². The first kappa shape index (κ1) is 24.9. The van der Waals surface area contributed by atoms with Crippen molar-refractivity contribution in [2.24, 2.45) is 5.92 Å². The Balaban J connectivity index is 0.00000312. The smallest absolute Gasteiger partial charge is 0.355 e. The molecule has 26 heavy (non-hydrogen) atoms. The quantitative estimate of drug-likeness (QED) is 0.699. The summed E-state index contributed by atoms with van der Waals surface area (Å²) in [4.78, 5) is 19.9. The largest absolute Gasteiger partial charge is 0.433 e. The van der Waals surface area contributed by atoms with Gasteiger partial charge in [0.1, 0.15) is 5.82 Å². The molecule has 0 radical (unpaired) electrons. The maximum Gasteiger partial charge on any atom is 0.433 e. The summed E-state index contributed by atoms with van der Waals surface area (Å²) in [5.74, 6) is -0.547. The summed E-state index contributed by atoms with van der Waals surface area (Å²) in [5.41, 5.74) is -0.404. The number of alkyl halides is 3. The molecule has 1 aromatic heterocycles. The molecule has 0 spiro atoms. The SMILES string of the molecule is CCCNCCNC(=O)C1CCc2nc(C)nc(C(F)(F)F)c2C1.Cl.Cl. The number of halogens is 5. The highest BCUT2D eigenvalue weighted by Gasteiger charge is 2.39. The lowest BCUT2D eigenvalue weighted by Crippen LogP contribution is -2.38. The molecule has 10 heteroatoms. The van der Waals surface area contributed by atoms with Gasteiger partial charge >= 0.3 is 6.18 Å². The summed E-state index contributed by atoms with van der Waals surface area (Å²) in [7, 11) is 0. The average Bonchev–Trinajstić information content (AvgIpc) is 2.52. The first-order valence-corrected chi connectivity index (χ1v) is 8.25. The third kappa shape index (κ3) is 6.55. The standard InChI is InChI=1S/C16H23F3N4O.2ClH/c1-3-6-20-7-8-21-15(24)11-4-5-13-12(9-11)14(16(17,18)19)23-10(2)22-13;;/h11,20H,3-9H2,1-2H3,(H,21,24);2*1H. The van der Waals surface area contributed by atoms with Crippen LogP contribution in [0, 0.1) is 12.8 Å². The second-order valence-electron chi connectivity index (χ2n) is 6.02. The van der Waals surface area contributed by atoms with E-state index in [2.05, 4.69) is 20.6 Å². The number of aromatic nitrogens is 2. The van der Waals surface area contributed by atoms with Gasteiger partial charge in [-0.05, 0) is 39.2 Å². The fourth-order valence-corrected chi connectivity index (χ4v) is 2.91. The molecule has 0 saturated carbocycles. The summed E-state index contributed by atoms with van der Waals surface area (Å²) < 4.78 is 39.6. The van der Waals surface area contributed by atoms with E-state index in [4.69, 9.17) is 0 Å². The molecule has 0 aliphatic heterocycles. The van der Waals surface area contributed by atoms with Gasteiger partial charge in [0.25, 0.3) is 0 Å². The average molecular weight is 417 g/mol. The lowest BCUT2D eigenvalue weighted by atomic mass is 9.85. The number of nitrogens with zero attached hydrogens (tertiary/aromatic N) is 2. The van der Waals surface area contributed by atoms with E-state index >= 15 is 0 Å². The van der Waals surface area contributed by atoms with Crippen molar-refractivity contribution in [3.05, 3.63) is 22.8 Å². The Bertz CT molecular complexity index is 600. The van der Waals surface area contributed by atoms with Crippen LogP contribution in [0.25, 0.3) is 0 Å². The predicted octanol–water partition coefficient (Wildman–Crippen LogP) is 2.87. The number of aryl methyl sites for hydroxylation is 2. The highest BCUT2D eigenvalue weighted by atomic mass is 35.5. The van der Waals surface area contributed by atoms with Crippen molar-refractivity contribution in [3.63, 3.8) is 0 Å². The molecule has 0 saturated heterocycles. The Morgan fingerprint density at radius 1 is 1.19 bits per heavy atom. The number of hydrogen-bond acceptors (Lipinski definition) is 4. The lowest BCUT2D eigenvalue weighted by Gasteiger charge is -2.25. The number of carbonyl (C=O) groups excluding carboxylic acids is 1. The fraction of sp³-hybridized carbons (Fsp3) is 0.688. The molecule has 1 amide bonds. The van der Waals surface area contributed by atoms with E-state index in [0.717, 1.165) is 13.0 Å². The number of fused-ring (bicyclic) bond motifs is 1. The molecular formula is C16H25Cl2F3N4O. The normalized spacial score (nSPS) is 16.1. The summed E-state index contributed by atoms with van der Waals surface area (Å²) in [6, 6.07) is 0. The summed E-state index contributed by atoms with van der Waals surface area (Å²) in [6.45, 7) is 5.50. The molecule has 5 nitrogen and oxygen atoms in total. The van der Waals surface area contributed by atoms with Crippen molar-refractivity contribution in [1.82, 2.24) is 20.6 Å². The van der Waals surface area contributed by atoms with E-state index in [0.29, 0.717) is 31.6 Å². The molecule has 1 unspecified atom stereocenters. The van der Waals surface area contributed by atoms with Crippen LogP contribution in [0.3, 0.4) is 0 Å². The van der Waals surface area contributed by atoms with Gasteiger partial charge in [0.05, 0.1) is 0 Å². The molecule has 1 aliphatic carbocycles. The van der Waals surface area contributed by atoms with Crippen LogP contribution in [0.15, 0.2) is 0 Å². The third-order valence-corrected chi connectivity index (χ3v) is 4.05. The van der Waals surface area contributed by atoms with Crippen LogP contribution >= 0.6 is 24.8 Å². The molecule has 150 valence electrons. The zero-order valence-electron chi connectivity index (χ0n) is 14.8. The fourth-order valence-electron chi connectivity index (χ4n) is 2.91. The summed E-state index contributed by atoms with van der Waals surface area (Å²) in [6.07, 6.45) is -2.60. The topological polar surface area (TPSA) is 66.9 Å². The molecule has 1 aromatic rings. The molecule has 0 fully saturated rings.